The Balaban J connectivity index is 1.77. The summed E-state index contributed by atoms with van der Waals surface area (Å²) < 4.78 is 26.3. The number of aromatic nitrogens is 1. The van der Waals surface area contributed by atoms with Gasteiger partial charge < -0.3 is 4.90 Å². The van der Waals surface area contributed by atoms with E-state index in [2.05, 4.69) is 22.0 Å². The first kappa shape index (κ1) is 17.9. The highest BCUT2D eigenvalue weighted by atomic mass is 32.2. The number of allylic oxidation sites excluding steroid dienone is 1. The summed E-state index contributed by atoms with van der Waals surface area (Å²) in [6, 6.07) is 10.2. The molecule has 1 saturated heterocycles. The molecule has 2 aromatic rings. The van der Waals surface area contributed by atoms with Gasteiger partial charge in [0.25, 0.3) is 0 Å². The van der Waals surface area contributed by atoms with Gasteiger partial charge in [0, 0.05) is 48.4 Å². The van der Waals surface area contributed by atoms with Crippen LogP contribution in [0.4, 0.5) is 5.69 Å². The third kappa shape index (κ3) is 4.02. The van der Waals surface area contributed by atoms with E-state index in [0.29, 0.717) is 26.2 Å². The van der Waals surface area contributed by atoms with Crippen LogP contribution < -0.4 is 4.90 Å². The molecule has 25 heavy (non-hydrogen) atoms. The summed E-state index contributed by atoms with van der Waals surface area (Å²) in [6.45, 7) is 6.43. The van der Waals surface area contributed by atoms with Crippen LogP contribution in [0.1, 0.15) is 25.5 Å². The minimum absolute atomic E-state index is 0.508. The number of para-hydroxylation sites is 1. The number of sulfonamides is 1. The maximum Gasteiger partial charge on any atom is 0.236 e. The quantitative estimate of drug-likeness (QED) is 0.822. The molecule has 0 radical (unpaired) electrons. The highest BCUT2D eigenvalue weighted by molar-refractivity contribution is 7.92. The number of piperazine rings is 1. The van der Waals surface area contributed by atoms with Crippen molar-refractivity contribution in [1.82, 2.24) is 9.29 Å². The highest BCUT2D eigenvalue weighted by Gasteiger charge is 2.25. The predicted octanol–water partition coefficient (Wildman–Crippen LogP) is 3.31. The summed E-state index contributed by atoms with van der Waals surface area (Å²) in [5.41, 5.74) is 3.10. The topological polar surface area (TPSA) is 53.5 Å². The van der Waals surface area contributed by atoms with Crippen LogP contribution in [0.2, 0.25) is 0 Å². The van der Waals surface area contributed by atoms with Crippen molar-refractivity contribution < 1.29 is 8.42 Å². The van der Waals surface area contributed by atoms with Crippen molar-refractivity contribution in [2.24, 2.45) is 0 Å². The molecule has 6 heteroatoms. The van der Waals surface area contributed by atoms with Gasteiger partial charge >= 0.3 is 0 Å². The molecule has 1 aromatic carbocycles. The monoisotopic (exact) mass is 359 g/mol. The van der Waals surface area contributed by atoms with Crippen LogP contribution in [0.5, 0.6) is 0 Å². The second-order valence-corrected chi connectivity index (χ2v) is 8.21. The number of hydrogen-bond acceptors (Lipinski definition) is 4. The standard InChI is InChI=1S/C19H25N3O2S/c1-3-4-7-14-25(23,24)22-12-10-21(11-13-22)19-15-16(2)20-18-9-6-5-8-17(18)19/h5-9,14-15H,3-4,10-13H2,1-2H3. The number of pyridine rings is 1. The Morgan fingerprint density at radius 2 is 1.88 bits per heavy atom. The number of anilines is 1. The molecule has 5 nitrogen and oxygen atoms in total. The van der Waals surface area contributed by atoms with Gasteiger partial charge in [-0.1, -0.05) is 37.6 Å². The summed E-state index contributed by atoms with van der Waals surface area (Å²) >= 11 is 0. The summed E-state index contributed by atoms with van der Waals surface area (Å²) in [5.74, 6) is 0. The van der Waals surface area contributed by atoms with Gasteiger partial charge in [0.1, 0.15) is 0 Å². The largest absolute Gasteiger partial charge is 0.368 e. The fourth-order valence-electron chi connectivity index (χ4n) is 3.17. The van der Waals surface area contributed by atoms with Crippen LogP contribution >= 0.6 is 0 Å². The molecule has 0 N–H and O–H groups in total. The van der Waals surface area contributed by atoms with Crippen molar-refractivity contribution in [3.63, 3.8) is 0 Å². The van der Waals surface area contributed by atoms with E-state index in [-0.39, 0.29) is 0 Å². The molecular weight excluding hydrogens is 334 g/mol. The number of unbranched alkanes of at least 4 members (excludes halogenated alkanes) is 1. The molecule has 1 aliphatic heterocycles. The number of rotatable bonds is 5. The molecular formula is C19H25N3O2S. The van der Waals surface area contributed by atoms with Crippen LogP contribution in [-0.2, 0) is 10.0 Å². The van der Waals surface area contributed by atoms with E-state index in [1.807, 2.05) is 32.0 Å². The molecule has 0 spiro atoms. The van der Waals surface area contributed by atoms with Gasteiger partial charge in [0.2, 0.25) is 10.0 Å². The predicted molar refractivity (Wildman–Crippen MR) is 103 cm³/mol. The molecule has 0 unspecified atom stereocenters. The molecule has 0 saturated carbocycles. The van der Waals surface area contributed by atoms with E-state index >= 15 is 0 Å². The van der Waals surface area contributed by atoms with Crippen molar-refractivity contribution in [3.05, 3.63) is 47.5 Å². The van der Waals surface area contributed by atoms with Crippen molar-refractivity contribution in [2.45, 2.75) is 26.7 Å². The Kier molecular flexibility index (Phi) is 5.39. The molecule has 3 rings (SSSR count). The van der Waals surface area contributed by atoms with Gasteiger partial charge in [-0.3, -0.25) is 4.98 Å². The molecule has 2 heterocycles. The van der Waals surface area contributed by atoms with E-state index in [0.717, 1.165) is 35.1 Å². The lowest BCUT2D eigenvalue weighted by Crippen LogP contribution is -2.48. The average molecular weight is 359 g/mol. The second kappa shape index (κ2) is 7.54. The van der Waals surface area contributed by atoms with Crippen LogP contribution in [0, 0.1) is 6.92 Å². The first-order valence-electron chi connectivity index (χ1n) is 8.79. The molecule has 0 amide bonds. The number of nitrogens with zero attached hydrogens (tertiary/aromatic N) is 3. The molecule has 1 aromatic heterocycles. The highest BCUT2D eigenvalue weighted by Crippen LogP contribution is 2.28. The molecule has 1 fully saturated rings. The minimum atomic E-state index is -3.30. The number of benzene rings is 1. The van der Waals surface area contributed by atoms with Gasteiger partial charge in [-0.2, -0.15) is 4.31 Å². The van der Waals surface area contributed by atoms with Crippen LogP contribution in [0.3, 0.4) is 0 Å². The zero-order chi connectivity index (χ0) is 17.9. The summed E-state index contributed by atoms with van der Waals surface area (Å²) in [6.07, 6.45) is 3.50. The molecule has 0 atom stereocenters. The van der Waals surface area contributed by atoms with Crippen molar-refractivity contribution in [3.8, 4) is 0 Å². The van der Waals surface area contributed by atoms with E-state index in [9.17, 15) is 8.42 Å². The lowest BCUT2D eigenvalue weighted by atomic mass is 10.1. The first-order chi connectivity index (χ1) is 12.0. The SMILES string of the molecule is CCCC=CS(=O)(=O)N1CCN(c2cc(C)nc3ccccc23)CC1. The van der Waals surface area contributed by atoms with Crippen LogP contribution in [0.15, 0.2) is 41.8 Å². The normalized spacial score (nSPS) is 16.8. The zero-order valence-corrected chi connectivity index (χ0v) is 15.7. The summed E-state index contributed by atoms with van der Waals surface area (Å²) in [7, 11) is -3.30. The van der Waals surface area contributed by atoms with Crippen molar-refractivity contribution >= 4 is 26.6 Å². The first-order valence-corrected chi connectivity index (χ1v) is 10.3. The van der Waals surface area contributed by atoms with Gasteiger partial charge in [-0.25, -0.2) is 8.42 Å². The van der Waals surface area contributed by atoms with E-state index < -0.39 is 10.0 Å². The Morgan fingerprint density at radius 1 is 1.16 bits per heavy atom. The maximum atomic E-state index is 12.4. The number of aryl methyl sites for hydroxylation is 1. The summed E-state index contributed by atoms with van der Waals surface area (Å²) in [4.78, 5) is 6.85. The van der Waals surface area contributed by atoms with E-state index in [4.69, 9.17) is 0 Å². The number of hydrogen-bond donors (Lipinski definition) is 0. The van der Waals surface area contributed by atoms with Gasteiger partial charge in [0.05, 0.1) is 5.52 Å². The van der Waals surface area contributed by atoms with Crippen LogP contribution in [-0.4, -0.2) is 43.9 Å². The lowest BCUT2D eigenvalue weighted by Gasteiger charge is -2.35. The van der Waals surface area contributed by atoms with E-state index in [1.54, 1.807) is 10.4 Å². The van der Waals surface area contributed by atoms with Crippen molar-refractivity contribution in [2.75, 3.05) is 31.1 Å². The Labute approximate surface area is 150 Å². The Hall–Kier alpha value is -1.92. The van der Waals surface area contributed by atoms with Gasteiger partial charge in [-0.15, -0.1) is 0 Å². The number of fused-ring (bicyclic) bond motifs is 1. The zero-order valence-electron chi connectivity index (χ0n) is 14.9. The van der Waals surface area contributed by atoms with E-state index in [1.165, 1.54) is 5.41 Å². The Morgan fingerprint density at radius 3 is 2.60 bits per heavy atom. The maximum absolute atomic E-state index is 12.4. The van der Waals surface area contributed by atoms with Gasteiger partial charge in [0.15, 0.2) is 0 Å². The molecule has 0 bridgehead atoms. The fraction of sp³-hybridized carbons (Fsp3) is 0.421. The lowest BCUT2D eigenvalue weighted by molar-refractivity contribution is 0.390. The molecule has 1 aliphatic rings. The summed E-state index contributed by atoms with van der Waals surface area (Å²) in [5, 5.41) is 2.48. The third-order valence-electron chi connectivity index (χ3n) is 4.49. The van der Waals surface area contributed by atoms with Gasteiger partial charge in [-0.05, 0) is 25.5 Å². The second-order valence-electron chi connectivity index (χ2n) is 6.39. The fourth-order valence-corrected chi connectivity index (χ4v) is 4.40. The smallest absolute Gasteiger partial charge is 0.236 e. The third-order valence-corrected chi connectivity index (χ3v) is 6.11. The minimum Gasteiger partial charge on any atom is -0.368 e. The molecule has 0 aliphatic carbocycles. The Bertz CT molecular complexity index is 869. The van der Waals surface area contributed by atoms with Crippen LogP contribution in [0.25, 0.3) is 10.9 Å². The van der Waals surface area contributed by atoms with Crippen molar-refractivity contribution in [1.29, 1.82) is 0 Å². The average Bonchev–Trinajstić information content (AvgIpc) is 2.61. The molecule has 134 valence electrons.